The second-order valence-electron chi connectivity index (χ2n) is 5.43. The minimum Gasteiger partial charge on any atom is -0.496 e. The average molecular weight is 301 g/mol. The molecule has 0 aliphatic heterocycles. The second-order valence-corrected chi connectivity index (χ2v) is 5.43. The lowest BCUT2D eigenvalue weighted by atomic mass is 10.1. The first-order chi connectivity index (χ1) is 10.7. The number of anilines is 2. The lowest BCUT2D eigenvalue weighted by Gasteiger charge is -2.10. The van der Waals surface area contributed by atoms with Gasteiger partial charge in [-0.2, -0.15) is 10.1 Å². The van der Waals surface area contributed by atoms with Gasteiger partial charge >= 0.3 is 0 Å². The Kier molecular flexibility index (Phi) is 5.94. The van der Waals surface area contributed by atoms with E-state index in [4.69, 9.17) is 4.74 Å². The number of hydrogen-bond donors (Lipinski definition) is 2. The molecule has 0 atom stereocenters. The monoisotopic (exact) mass is 301 g/mol. The highest BCUT2D eigenvalue weighted by molar-refractivity contribution is 5.38. The van der Waals surface area contributed by atoms with Gasteiger partial charge in [-0.1, -0.05) is 32.0 Å². The van der Waals surface area contributed by atoms with Crippen LogP contribution in [0.2, 0.25) is 0 Å². The molecule has 6 heteroatoms. The van der Waals surface area contributed by atoms with Crippen LogP contribution in [0.4, 0.5) is 11.8 Å². The van der Waals surface area contributed by atoms with Gasteiger partial charge in [0.1, 0.15) is 5.75 Å². The van der Waals surface area contributed by atoms with E-state index >= 15 is 0 Å². The first-order valence-electron chi connectivity index (χ1n) is 7.48. The van der Waals surface area contributed by atoms with E-state index < -0.39 is 0 Å². The van der Waals surface area contributed by atoms with E-state index in [9.17, 15) is 0 Å². The van der Waals surface area contributed by atoms with Crippen molar-refractivity contribution in [2.75, 3.05) is 30.8 Å². The number of para-hydroxylation sites is 1. The molecule has 2 N–H and O–H groups in total. The van der Waals surface area contributed by atoms with E-state index in [1.165, 1.54) is 0 Å². The summed E-state index contributed by atoms with van der Waals surface area (Å²) in [6.07, 6.45) is 2.48. The first-order valence-corrected chi connectivity index (χ1v) is 7.48. The highest BCUT2D eigenvalue weighted by Gasteiger charge is 2.03. The molecule has 0 bridgehead atoms. The predicted octanol–water partition coefficient (Wildman–Crippen LogP) is 2.60. The van der Waals surface area contributed by atoms with E-state index in [0.717, 1.165) is 36.6 Å². The number of ether oxygens (including phenoxy) is 1. The Morgan fingerprint density at radius 2 is 2.00 bits per heavy atom. The molecule has 1 heterocycles. The van der Waals surface area contributed by atoms with Crippen molar-refractivity contribution in [1.29, 1.82) is 0 Å². The van der Waals surface area contributed by atoms with E-state index in [1.807, 2.05) is 18.2 Å². The molecule has 2 aromatic rings. The SMILES string of the molecule is COc1ccccc1CCNc1cnnc(NCC(C)C)n1. The lowest BCUT2D eigenvalue weighted by molar-refractivity contribution is 0.410. The van der Waals surface area contributed by atoms with E-state index in [-0.39, 0.29) is 0 Å². The second kappa shape index (κ2) is 8.17. The van der Waals surface area contributed by atoms with Crippen molar-refractivity contribution in [2.45, 2.75) is 20.3 Å². The maximum atomic E-state index is 5.35. The molecule has 118 valence electrons. The van der Waals surface area contributed by atoms with Gasteiger partial charge in [0, 0.05) is 13.1 Å². The van der Waals surface area contributed by atoms with E-state index in [1.54, 1.807) is 13.3 Å². The maximum Gasteiger partial charge on any atom is 0.244 e. The molecular formula is C16H23N5O. The van der Waals surface area contributed by atoms with E-state index in [2.05, 4.69) is 45.7 Å². The first kappa shape index (κ1) is 16.0. The molecule has 0 aliphatic rings. The number of nitrogens with one attached hydrogen (secondary N) is 2. The number of aromatic nitrogens is 3. The fraction of sp³-hybridized carbons (Fsp3) is 0.438. The van der Waals surface area contributed by atoms with Gasteiger partial charge in [0.2, 0.25) is 5.95 Å². The molecule has 1 aromatic heterocycles. The molecule has 0 fully saturated rings. The zero-order valence-electron chi connectivity index (χ0n) is 13.3. The number of nitrogens with zero attached hydrogens (tertiary/aromatic N) is 3. The maximum absolute atomic E-state index is 5.35. The molecule has 0 amide bonds. The van der Waals surface area contributed by atoms with Gasteiger partial charge < -0.3 is 15.4 Å². The molecular weight excluding hydrogens is 278 g/mol. The summed E-state index contributed by atoms with van der Waals surface area (Å²) in [5.74, 6) is 2.71. The number of benzene rings is 1. The molecule has 0 radical (unpaired) electrons. The van der Waals surface area contributed by atoms with Crippen LogP contribution in [-0.2, 0) is 6.42 Å². The fourth-order valence-electron chi connectivity index (χ4n) is 1.99. The van der Waals surface area contributed by atoms with Crippen molar-refractivity contribution in [3.8, 4) is 5.75 Å². The lowest BCUT2D eigenvalue weighted by Crippen LogP contribution is -2.13. The summed E-state index contributed by atoms with van der Waals surface area (Å²) in [5.41, 5.74) is 1.16. The summed E-state index contributed by atoms with van der Waals surface area (Å²) in [6, 6.07) is 8.01. The van der Waals surface area contributed by atoms with Gasteiger partial charge in [0.05, 0.1) is 13.3 Å². The Morgan fingerprint density at radius 3 is 2.77 bits per heavy atom. The normalized spacial score (nSPS) is 10.5. The summed E-state index contributed by atoms with van der Waals surface area (Å²) in [7, 11) is 1.69. The molecule has 0 saturated heterocycles. The van der Waals surface area contributed by atoms with Gasteiger partial charge in [0.25, 0.3) is 0 Å². The molecule has 2 rings (SSSR count). The zero-order chi connectivity index (χ0) is 15.8. The van der Waals surface area contributed by atoms with Crippen LogP contribution in [0.1, 0.15) is 19.4 Å². The molecule has 0 saturated carbocycles. The van der Waals surface area contributed by atoms with Crippen molar-refractivity contribution in [3.63, 3.8) is 0 Å². The predicted molar refractivity (Wildman–Crippen MR) is 88.3 cm³/mol. The topological polar surface area (TPSA) is 72.0 Å². The Bertz CT molecular complexity index is 588. The fourth-order valence-corrected chi connectivity index (χ4v) is 1.99. The largest absolute Gasteiger partial charge is 0.496 e. The van der Waals surface area contributed by atoms with Gasteiger partial charge in [-0.05, 0) is 24.0 Å². The summed E-state index contributed by atoms with van der Waals surface area (Å²) in [6.45, 7) is 5.85. The van der Waals surface area contributed by atoms with Crippen LogP contribution in [0, 0.1) is 5.92 Å². The van der Waals surface area contributed by atoms with Crippen molar-refractivity contribution in [2.24, 2.45) is 5.92 Å². The smallest absolute Gasteiger partial charge is 0.244 e. The third-order valence-electron chi connectivity index (χ3n) is 3.12. The Hall–Kier alpha value is -2.37. The minimum atomic E-state index is 0.533. The van der Waals surface area contributed by atoms with Crippen molar-refractivity contribution in [1.82, 2.24) is 15.2 Å². The summed E-state index contributed by atoms with van der Waals surface area (Å²) >= 11 is 0. The number of hydrogen-bond acceptors (Lipinski definition) is 6. The molecule has 6 nitrogen and oxygen atoms in total. The molecule has 1 aromatic carbocycles. The van der Waals surface area contributed by atoms with Crippen LogP contribution < -0.4 is 15.4 Å². The average Bonchev–Trinajstić information content (AvgIpc) is 2.54. The van der Waals surface area contributed by atoms with Gasteiger partial charge in [0.15, 0.2) is 5.82 Å². The zero-order valence-corrected chi connectivity index (χ0v) is 13.3. The summed E-state index contributed by atoms with van der Waals surface area (Å²) < 4.78 is 5.35. The van der Waals surface area contributed by atoms with Gasteiger partial charge in [-0.25, -0.2) is 0 Å². The quantitative estimate of drug-likeness (QED) is 0.781. The van der Waals surface area contributed by atoms with Gasteiger partial charge in [-0.15, -0.1) is 5.10 Å². The third kappa shape index (κ3) is 4.87. The number of methoxy groups -OCH3 is 1. The Balaban J connectivity index is 1.87. The highest BCUT2D eigenvalue weighted by Crippen LogP contribution is 2.17. The standard InChI is InChI=1S/C16H23N5O/c1-12(2)10-18-16-20-15(11-19-21-16)17-9-8-13-6-4-5-7-14(13)22-3/h4-7,11-12H,8-10H2,1-3H3,(H2,17,18,20,21). The van der Waals surface area contributed by atoms with Crippen LogP contribution in [0.3, 0.4) is 0 Å². The third-order valence-corrected chi connectivity index (χ3v) is 3.12. The number of rotatable bonds is 8. The van der Waals surface area contributed by atoms with Crippen molar-refractivity contribution >= 4 is 11.8 Å². The molecule has 0 aliphatic carbocycles. The van der Waals surface area contributed by atoms with Gasteiger partial charge in [-0.3, -0.25) is 0 Å². The van der Waals surface area contributed by atoms with Crippen LogP contribution in [0.5, 0.6) is 5.75 Å². The molecule has 0 unspecified atom stereocenters. The van der Waals surface area contributed by atoms with Crippen LogP contribution in [0.25, 0.3) is 0 Å². The molecule has 22 heavy (non-hydrogen) atoms. The summed E-state index contributed by atoms with van der Waals surface area (Å²) in [5, 5.41) is 14.4. The van der Waals surface area contributed by atoms with Crippen LogP contribution >= 0.6 is 0 Å². The van der Waals surface area contributed by atoms with Crippen molar-refractivity contribution in [3.05, 3.63) is 36.0 Å². The highest BCUT2D eigenvalue weighted by atomic mass is 16.5. The minimum absolute atomic E-state index is 0.533. The van der Waals surface area contributed by atoms with Crippen LogP contribution in [-0.4, -0.2) is 35.4 Å². The van der Waals surface area contributed by atoms with Crippen LogP contribution in [0.15, 0.2) is 30.5 Å². The van der Waals surface area contributed by atoms with Crippen molar-refractivity contribution < 1.29 is 4.74 Å². The summed E-state index contributed by atoms with van der Waals surface area (Å²) in [4.78, 5) is 4.39. The molecule has 0 spiro atoms. The Labute approximate surface area is 131 Å². The van der Waals surface area contributed by atoms with E-state index in [0.29, 0.717) is 11.9 Å². The Morgan fingerprint density at radius 1 is 1.18 bits per heavy atom.